The zero-order chi connectivity index (χ0) is 11.7. The van der Waals surface area contributed by atoms with E-state index in [1.807, 2.05) is 12.1 Å². The van der Waals surface area contributed by atoms with E-state index in [1.165, 1.54) is 42.4 Å². The highest BCUT2D eigenvalue weighted by Gasteiger charge is 2.13. The van der Waals surface area contributed by atoms with Gasteiger partial charge in [-0.25, -0.2) is 0 Å². The van der Waals surface area contributed by atoms with Crippen molar-refractivity contribution in [3.8, 4) is 16.9 Å². The molecule has 0 aromatic heterocycles. The highest BCUT2D eigenvalue weighted by atomic mass is 16.3. The van der Waals surface area contributed by atoms with E-state index in [1.54, 1.807) is 6.07 Å². The number of phenolic OH excluding ortho intramolecular Hbond substituents is 1. The van der Waals surface area contributed by atoms with E-state index in [-0.39, 0.29) is 0 Å². The summed E-state index contributed by atoms with van der Waals surface area (Å²) in [5.74, 6) is 0.343. The molecule has 0 radical (unpaired) electrons. The standard InChI is InChI=1S/C16H16O/c17-14-8-3-7-13(11-14)16-10-4-6-12-5-1-2-9-15(12)16/h3-4,6-8,10-11,17H,1-2,5,9H2. The van der Waals surface area contributed by atoms with Crippen molar-refractivity contribution in [2.75, 3.05) is 0 Å². The summed E-state index contributed by atoms with van der Waals surface area (Å²) in [5, 5.41) is 9.58. The third-order valence-electron chi connectivity index (χ3n) is 3.55. The highest BCUT2D eigenvalue weighted by Crippen LogP contribution is 2.32. The summed E-state index contributed by atoms with van der Waals surface area (Å²) in [4.78, 5) is 0. The molecule has 0 unspecified atom stereocenters. The van der Waals surface area contributed by atoms with Crippen LogP contribution in [0.5, 0.6) is 5.75 Å². The Morgan fingerprint density at radius 1 is 0.882 bits per heavy atom. The SMILES string of the molecule is Oc1cccc(-c2cccc3c2CCCC3)c1. The first kappa shape index (κ1) is 10.4. The lowest BCUT2D eigenvalue weighted by molar-refractivity contribution is 0.475. The third kappa shape index (κ3) is 1.93. The number of fused-ring (bicyclic) bond motifs is 1. The van der Waals surface area contributed by atoms with Crippen molar-refractivity contribution in [3.63, 3.8) is 0 Å². The second-order valence-electron chi connectivity index (χ2n) is 4.70. The molecule has 1 N–H and O–H groups in total. The van der Waals surface area contributed by atoms with E-state index in [0.29, 0.717) is 5.75 Å². The topological polar surface area (TPSA) is 20.2 Å². The van der Waals surface area contributed by atoms with Crippen LogP contribution in [0, 0.1) is 0 Å². The lowest BCUT2D eigenvalue weighted by Crippen LogP contribution is -2.04. The fourth-order valence-electron chi connectivity index (χ4n) is 2.73. The van der Waals surface area contributed by atoms with Crippen molar-refractivity contribution < 1.29 is 5.11 Å². The zero-order valence-corrected chi connectivity index (χ0v) is 9.82. The number of aromatic hydroxyl groups is 1. The van der Waals surface area contributed by atoms with Crippen LogP contribution in [0.4, 0.5) is 0 Å². The largest absolute Gasteiger partial charge is 0.508 e. The number of hydrogen-bond donors (Lipinski definition) is 1. The summed E-state index contributed by atoms with van der Waals surface area (Å²) in [6.07, 6.45) is 4.95. The Hall–Kier alpha value is -1.76. The molecule has 0 aliphatic heterocycles. The van der Waals surface area contributed by atoms with Gasteiger partial charge < -0.3 is 5.11 Å². The van der Waals surface area contributed by atoms with Crippen molar-refractivity contribution in [2.24, 2.45) is 0 Å². The molecule has 1 nitrogen and oxygen atoms in total. The van der Waals surface area contributed by atoms with E-state index >= 15 is 0 Å². The van der Waals surface area contributed by atoms with Crippen LogP contribution in [0.3, 0.4) is 0 Å². The Morgan fingerprint density at radius 3 is 2.59 bits per heavy atom. The average Bonchev–Trinajstić information content (AvgIpc) is 2.38. The smallest absolute Gasteiger partial charge is 0.116 e. The first-order chi connectivity index (χ1) is 8.34. The summed E-state index contributed by atoms with van der Waals surface area (Å²) < 4.78 is 0. The monoisotopic (exact) mass is 224 g/mol. The Kier molecular flexibility index (Phi) is 2.60. The second kappa shape index (κ2) is 4.25. The minimum absolute atomic E-state index is 0.343. The molecule has 1 heteroatoms. The number of aryl methyl sites for hydroxylation is 1. The average molecular weight is 224 g/mol. The molecular formula is C16H16O. The lowest BCUT2D eigenvalue weighted by Gasteiger charge is -2.19. The summed E-state index contributed by atoms with van der Waals surface area (Å²) in [7, 11) is 0. The molecule has 86 valence electrons. The van der Waals surface area contributed by atoms with Crippen LogP contribution in [0.25, 0.3) is 11.1 Å². The molecule has 2 aromatic carbocycles. The maximum absolute atomic E-state index is 9.58. The number of phenols is 1. The fraction of sp³-hybridized carbons (Fsp3) is 0.250. The Balaban J connectivity index is 2.14. The van der Waals surface area contributed by atoms with E-state index in [0.717, 1.165) is 5.56 Å². The molecule has 0 heterocycles. The second-order valence-corrected chi connectivity index (χ2v) is 4.70. The molecule has 17 heavy (non-hydrogen) atoms. The summed E-state index contributed by atoms with van der Waals surface area (Å²) in [6, 6.07) is 14.1. The van der Waals surface area contributed by atoms with Crippen molar-refractivity contribution in [1.82, 2.24) is 0 Å². The van der Waals surface area contributed by atoms with Gasteiger partial charge in [-0.05, 0) is 60.1 Å². The molecule has 0 spiro atoms. The minimum atomic E-state index is 0.343. The molecule has 0 amide bonds. The van der Waals surface area contributed by atoms with Crippen molar-refractivity contribution in [1.29, 1.82) is 0 Å². The molecule has 0 saturated carbocycles. The van der Waals surface area contributed by atoms with Crippen molar-refractivity contribution in [3.05, 3.63) is 53.6 Å². The maximum Gasteiger partial charge on any atom is 0.116 e. The van der Waals surface area contributed by atoms with Crippen LogP contribution in [-0.4, -0.2) is 5.11 Å². The molecule has 1 aliphatic rings. The Morgan fingerprint density at radius 2 is 1.71 bits per heavy atom. The van der Waals surface area contributed by atoms with Crippen LogP contribution >= 0.6 is 0 Å². The van der Waals surface area contributed by atoms with Crippen LogP contribution in [0.1, 0.15) is 24.0 Å². The molecular weight excluding hydrogens is 208 g/mol. The van der Waals surface area contributed by atoms with Gasteiger partial charge in [0.15, 0.2) is 0 Å². The summed E-state index contributed by atoms with van der Waals surface area (Å²) in [5.41, 5.74) is 5.38. The van der Waals surface area contributed by atoms with Gasteiger partial charge in [0.2, 0.25) is 0 Å². The third-order valence-corrected chi connectivity index (χ3v) is 3.55. The van der Waals surface area contributed by atoms with Gasteiger partial charge in [-0.3, -0.25) is 0 Å². The maximum atomic E-state index is 9.58. The molecule has 0 atom stereocenters. The molecule has 2 aromatic rings. The van der Waals surface area contributed by atoms with Gasteiger partial charge in [0, 0.05) is 0 Å². The van der Waals surface area contributed by atoms with E-state index in [9.17, 15) is 5.11 Å². The van der Waals surface area contributed by atoms with Gasteiger partial charge in [0.25, 0.3) is 0 Å². The molecule has 0 bridgehead atoms. The van der Waals surface area contributed by atoms with Crippen LogP contribution < -0.4 is 0 Å². The van der Waals surface area contributed by atoms with Crippen molar-refractivity contribution >= 4 is 0 Å². The first-order valence-corrected chi connectivity index (χ1v) is 6.25. The Labute approximate surface area is 102 Å². The zero-order valence-electron chi connectivity index (χ0n) is 9.82. The van der Waals surface area contributed by atoms with E-state index < -0.39 is 0 Å². The normalized spacial score (nSPS) is 14.4. The van der Waals surface area contributed by atoms with Gasteiger partial charge in [0.05, 0.1) is 0 Å². The van der Waals surface area contributed by atoms with Gasteiger partial charge in [-0.2, -0.15) is 0 Å². The summed E-state index contributed by atoms with van der Waals surface area (Å²) >= 11 is 0. The lowest BCUT2D eigenvalue weighted by atomic mass is 9.86. The van der Waals surface area contributed by atoms with Crippen LogP contribution in [0.2, 0.25) is 0 Å². The van der Waals surface area contributed by atoms with Crippen LogP contribution in [0.15, 0.2) is 42.5 Å². The van der Waals surface area contributed by atoms with E-state index in [4.69, 9.17) is 0 Å². The van der Waals surface area contributed by atoms with Gasteiger partial charge in [-0.1, -0.05) is 30.3 Å². The Bertz CT molecular complexity index is 543. The van der Waals surface area contributed by atoms with Gasteiger partial charge in [0.1, 0.15) is 5.75 Å². The minimum Gasteiger partial charge on any atom is -0.508 e. The molecule has 0 fully saturated rings. The van der Waals surface area contributed by atoms with Crippen molar-refractivity contribution in [2.45, 2.75) is 25.7 Å². The van der Waals surface area contributed by atoms with E-state index in [2.05, 4.69) is 24.3 Å². The van der Waals surface area contributed by atoms with Gasteiger partial charge in [-0.15, -0.1) is 0 Å². The summed E-state index contributed by atoms with van der Waals surface area (Å²) in [6.45, 7) is 0. The number of benzene rings is 2. The predicted octanol–water partition coefficient (Wildman–Crippen LogP) is 3.94. The number of rotatable bonds is 1. The predicted molar refractivity (Wildman–Crippen MR) is 70.2 cm³/mol. The van der Waals surface area contributed by atoms with Gasteiger partial charge >= 0.3 is 0 Å². The molecule has 1 aliphatic carbocycles. The molecule has 3 rings (SSSR count). The molecule has 0 saturated heterocycles. The van der Waals surface area contributed by atoms with Crippen LogP contribution in [-0.2, 0) is 12.8 Å². The highest BCUT2D eigenvalue weighted by molar-refractivity contribution is 5.70. The fourth-order valence-corrected chi connectivity index (χ4v) is 2.73. The number of hydrogen-bond acceptors (Lipinski definition) is 1. The first-order valence-electron chi connectivity index (χ1n) is 6.25. The quantitative estimate of drug-likeness (QED) is 0.778.